The minimum atomic E-state index is -3.24. The number of carboxylic acids is 1. The summed E-state index contributed by atoms with van der Waals surface area (Å²) in [5, 5.41) is 11.6. The third-order valence-corrected chi connectivity index (χ3v) is 6.18. The fourth-order valence-electron chi connectivity index (χ4n) is 2.00. The number of nitrogens with one attached hydrogen (secondary N) is 1. The molecule has 1 aromatic heterocycles. The highest BCUT2D eigenvalue weighted by molar-refractivity contribution is 7.91. The Hall–Kier alpha value is -2.19. The van der Waals surface area contributed by atoms with Crippen molar-refractivity contribution in [2.24, 2.45) is 0 Å². The van der Waals surface area contributed by atoms with Crippen LogP contribution in [0.1, 0.15) is 27.0 Å². The maximum absolute atomic E-state index is 11.9. The van der Waals surface area contributed by atoms with Gasteiger partial charge >= 0.3 is 5.97 Å². The Labute approximate surface area is 144 Å². The van der Waals surface area contributed by atoms with Crippen molar-refractivity contribution < 1.29 is 23.1 Å². The summed E-state index contributed by atoms with van der Waals surface area (Å²) in [5.41, 5.74) is 0.708. The molecule has 6 nitrogen and oxygen atoms in total. The first-order chi connectivity index (χ1) is 11.3. The number of thiophene rings is 1. The van der Waals surface area contributed by atoms with E-state index in [9.17, 15) is 18.0 Å². The molecule has 0 unspecified atom stereocenters. The van der Waals surface area contributed by atoms with E-state index in [0.29, 0.717) is 5.56 Å². The maximum atomic E-state index is 11.9. The third-order valence-electron chi connectivity index (χ3n) is 3.36. The van der Waals surface area contributed by atoms with E-state index < -0.39 is 15.8 Å². The number of hydrogen-bond donors (Lipinski definition) is 2. The Morgan fingerprint density at radius 2 is 1.79 bits per heavy atom. The lowest BCUT2D eigenvalue weighted by atomic mass is 10.1. The van der Waals surface area contributed by atoms with Gasteiger partial charge in [0.25, 0.3) is 0 Å². The van der Waals surface area contributed by atoms with Gasteiger partial charge in [0.15, 0.2) is 9.84 Å². The number of aromatic carboxylic acids is 1. The minimum absolute atomic E-state index is 0.0337. The van der Waals surface area contributed by atoms with Crippen molar-refractivity contribution >= 4 is 33.1 Å². The van der Waals surface area contributed by atoms with Gasteiger partial charge in [0.1, 0.15) is 4.88 Å². The van der Waals surface area contributed by atoms with Crippen molar-refractivity contribution in [1.82, 2.24) is 5.32 Å². The molecule has 1 amide bonds. The van der Waals surface area contributed by atoms with Crippen LogP contribution in [0, 0.1) is 0 Å². The highest BCUT2D eigenvalue weighted by atomic mass is 32.2. The Bertz CT molecular complexity index is 838. The van der Waals surface area contributed by atoms with Crippen LogP contribution in [0.25, 0.3) is 0 Å². The van der Waals surface area contributed by atoms with Gasteiger partial charge in [0.2, 0.25) is 5.91 Å². The summed E-state index contributed by atoms with van der Waals surface area (Å²) in [6.45, 7) is 1.84. The smallest absolute Gasteiger partial charge is 0.345 e. The third kappa shape index (κ3) is 4.65. The Kier molecular flexibility index (Phi) is 5.74. The summed E-state index contributed by atoms with van der Waals surface area (Å²) in [6.07, 6.45) is 0.129. The topological polar surface area (TPSA) is 101 Å². The van der Waals surface area contributed by atoms with Gasteiger partial charge < -0.3 is 10.4 Å². The SMILES string of the molecule is CCS(=O)(=O)c1ccc(CC(=O)NCc2ccc(C(=O)O)s2)cc1. The average molecular weight is 367 g/mol. The van der Waals surface area contributed by atoms with Crippen molar-refractivity contribution in [3.8, 4) is 0 Å². The Balaban J connectivity index is 1.91. The molecule has 128 valence electrons. The molecule has 8 heteroatoms. The first kappa shape index (κ1) is 18.2. The van der Waals surface area contributed by atoms with Gasteiger partial charge in [-0.3, -0.25) is 4.79 Å². The Morgan fingerprint density at radius 1 is 1.12 bits per heavy atom. The predicted octanol–water partition coefficient (Wildman–Crippen LogP) is 2.10. The van der Waals surface area contributed by atoms with Crippen molar-refractivity contribution in [3.63, 3.8) is 0 Å². The van der Waals surface area contributed by atoms with E-state index in [1.54, 1.807) is 25.1 Å². The highest BCUT2D eigenvalue weighted by Crippen LogP contribution is 2.16. The van der Waals surface area contributed by atoms with Crippen LogP contribution in [0.15, 0.2) is 41.3 Å². The van der Waals surface area contributed by atoms with Gasteiger partial charge in [-0.15, -0.1) is 11.3 Å². The lowest BCUT2D eigenvalue weighted by Crippen LogP contribution is -2.24. The fraction of sp³-hybridized carbons (Fsp3) is 0.250. The molecule has 1 heterocycles. The Morgan fingerprint density at radius 3 is 2.33 bits per heavy atom. The second-order valence-electron chi connectivity index (χ2n) is 5.07. The van der Waals surface area contributed by atoms with Gasteiger partial charge in [0.05, 0.1) is 23.6 Å². The first-order valence-electron chi connectivity index (χ1n) is 7.22. The molecule has 2 aromatic rings. The van der Waals surface area contributed by atoms with E-state index in [0.717, 1.165) is 16.2 Å². The van der Waals surface area contributed by atoms with Gasteiger partial charge in [-0.1, -0.05) is 19.1 Å². The van der Waals surface area contributed by atoms with Crippen LogP contribution < -0.4 is 5.32 Å². The van der Waals surface area contributed by atoms with Crippen LogP contribution in [0.3, 0.4) is 0 Å². The summed E-state index contributed by atoms with van der Waals surface area (Å²) >= 11 is 1.12. The number of carbonyl (C=O) groups is 2. The molecule has 0 spiro atoms. The number of hydrogen-bond acceptors (Lipinski definition) is 5. The van der Waals surface area contributed by atoms with E-state index in [-0.39, 0.29) is 34.4 Å². The summed E-state index contributed by atoms with van der Waals surface area (Å²) in [6, 6.07) is 9.41. The van der Waals surface area contributed by atoms with Crippen molar-refractivity contribution in [3.05, 3.63) is 51.7 Å². The van der Waals surface area contributed by atoms with E-state index in [2.05, 4.69) is 5.32 Å². The molecular weight excluding hydrogens is 350 g/mol. The largest absolute Gasteiger partial charge is 0.477 e. The van der Waals surface area contributed by atoms with Crippen molar-refractivity contribution in [2.45, 2.75) is 24.8 Å². The molecule has 2 N–H and O–H groups in total. The molecule has 0 aliphatic carbocycles. The number of carbonyl (C=O) groups excluding carboxylic acids is 1. The van der Waals surface area contributed by atoms with Crippen molar-refractivity contribution in [1.29, 1.82) is 0 Å². The summed E-state index contributed by atoms with van der Waals surface area (Å²) < 4.78 is 23.4. The number of amides is 1. The normalized spacial score (nSPS) is 11.2. The van der Waals surface area contributed by atoms with Crippen LogP contribution in [-0.2, 0) is 27.6 Å². The standard InChI is InChI=1S/C16H17NO5S2/c1-2-24(21,22)13-6-3-11(4-7-13)9-15(18)17-10-12-5-8-14(23-12)16(19)20/h3-8H,2,9-10H2,1H3,(H,17,18)(H,19,20). The maximum Gasteiger partial charge on any atom is 0.345 e. The second kappa shape index (κ2) is 7.59. The van der Waals surface area contributed by atoms with E-state index in [1.807, 2.05) is 0 Å². The van der Waals surface area contributed by atoms with Crippen LogP contribution in [0.5, 0.6) is 0 Å². The molecule has 0 aliphatic heterocycles. The van der Waals surface area contributed by atoms with Gasteiger partial charge in [0, 0.05) is 4.88 Å². The molecule has 2 rings (SSSR count). The lowest BCUT2D eigenvalue weighted by Gasteiger charge is -2.05. The van der Waals surface area contributed by atoms with Crippen LogP contribution >= 0.6 is 11.3 Å². The van der Waals surface area contributed by atoms with Crippen LogP contribution in [0.2, 0.25) is 0 Å². The van der Waals surface area contributed by atoms with E-state index in [1.165, 1.54) is 18.2 Å². The molecular formula is C16H17NO5S2. The fourth-order valence-corrected chi connectivity index (χ4v) is 3.67. The monoisotopic (exact) mass is 367 g/mol. The molecule has 0 saturated heterocycles. The molecule has 0 radical (unpaired) electrons. The van der Waals surface area contributed by atoms with Crippen LogP contribution in [-0.4, -0.2) is 31.2 Å². The highest BCUT2D eigenvalue weighted by Gasteiger charge is 2.12. The van der Waals surface area contributed by atoms with Gasteiger partial charge in [-0.05, 0) is 29.8 Å². The lowest BCUT2D eigenvalue weighted by molar-refractivity contribution is -0.120. The van der Waals surface area contributed by atoms with E-state index >= 15 is 0 Å². The average Bonchev–Trinajstić information content (AvgIpc) is 3.03. The molecule has 1 aromatic carbocycles. The summed E-state index contributed by atoms with van der Waals surface area (Å²) in [4.78, 5) is 23.9. The first-order valence-corrected chi connectivity index (χ1v) is 9.69. The zero-order chi connectivity index (χ0) is 17.7. The quantitative estimate of drug-likeness (QED) is 0.780. The zero-order valence-corrected chi connectivity index (χ0v) is 14.6. The zero-order valence-electron chi connectivity index (χ0n) is 13.0. The second-order valence-corrected chi connectivity index (χ2v) is 8.52. The molecule has 24 heavy (non-hydrogen) atoms. The van der Waals surface area contributed by atoms with E-state index in [4.69, 9.17) is 5.11 Å². The van der Waals surface area contributed by atoms with Gasteiger partial charge in [-0.2, -0.15) is 0 Å². The molecule has 0 bridgehead atoms. The van der Waals surface area contributed by atoms with Gasteiger partial charge in [-0.25, -0.2) is 13.2 Å². The molecule has 0 saturated carbocycles. The number of rotatable bonds is 7. The van der Waals surface area contributed by atoms with Crippen molar-refractivity contribution in [2.75, 3.05) is 5.75 Å². The molecule has 0 aliphatic rings. The number of sulfone groups is 1. The summed E-state index contributed by atoms with van der Waals surface area (Å²) in [5.74, 6) is -1.17. The van der Waals surface area contributed by atoms with Crippen LogP contribution in [0.4, 0.5) is 0 Å². The number of benzene rings is 1. The molecule has 0 atom stereocenters. The summed E-state index contributed by atoms with van der Waals surface area (Å²) in [7, 11) is -3.24. The number of carboxylic acid groups (broad SMARTS) is 1. The minimum Gasteiger partial charge on any atom is -0.477 e. The predicted molar refractivity (Wildman–Crippen MR) is 91.0 cm³/mol. The molecule has 0 fully saturated rings.